The minimum absolute atomic E-state index is 0.0762. The number of nitrogens with zero attached hydrogens (tertiary/aromatic N) is 3. The van der Waals surface area contributed by atoms with E-state index in [4.69, 9.17) is 0 Å². The average molecular weight is 339 g/mol. The Hall–Kier alpha value is -1.44. The first-order chi connectivity index (χ1) is 10.7. The van der Waals surface area contributed by atoms with E-state index in [1.807, 2.05) is 37.5 Å². The number of hydrogen-bond acceptors (Lipinski definition) is 4. The predicted molar refractivity (Wildman–Crippen MR) is 91.9 cm³/mol. The van der Waals surface area contributed by atoms with Crippen molar-refractivity contribution < 1.29 is 13.5 Å². The summed E-state index contributed by atoms with van der Waals surface area (Å²) in [5.74, 6) is 0.0999. The number of benzene rings is 1. The zero-order valence-electron chi connectivity index (χ0n) is 14.2. The van der Waals surface area contributed by atoms with Crippen LogP contribution in [-0.2, 0) is 16.6 Å². The Balaban J connectivity index is 2.12. The Kier molecular flexibility index (Phi) is 5.44. The first-order valence-electron chi connectivity index (χ1n) is 7.78. The Morgan fingerprint density at radius 3 is 2.61 bits per heavy atom. The van der Waals surface area contributed by atoms with Crippen LogP contribution in [0.15, 0.2) is 18.5 Å². The van der Waals surface area contributed by atoms with Gasteiger partial charge in [0, 0.05) is 13.6 Å². The van der Waals surface area contributed by atoms with Crippen molar-refractivity contribution in [1.82, 2.24) is 13.9 Å². The van der Waals surface area contributed by atoms with Gasteiger partial charge in [0.15, 0.2) is 0 Å². The van der Waals surface area contributed by atoms with Crippen molar-refractivity contribution in [3.05, 3.63) is 29.6 Å². The highest BCUT2D eigenvalue weighted by atomic mass is 32.2. The quantitative estimate of drug-likeness (QED) is 0.833. The van der Waals surface area contributed by atoms with Gasteiger partial charge in [0.05, 0.1) is 35.8 Å². The Morgan fingerprint density at radius 1 is 1.30 bits per heavy atom. The molecule has 0 bridgehead atoms. The van der Waals surface area contributed by atoms with Gasteiger partial charge in [0.2, 0.25) is 10.0 Å². The fourth-order valence-corrected chi connectivity index (χ4v) is 3.79. The van der Waals surface area contributed by atoms with Crippen LogP contribution in [-0.4, -0.2) is 52.8 Å². The van der Waals surface area contributed by atoms with Gasteiger partial charge in [-0.15, -0.1) is 0 Å². The maximum absolute atomic E-state index is 12.0. The molecule has 2 rings (SSSR count). The van der Waals surface area contributed by atoms with Gasteiger partial charge in [0.25, 0.3) is 0 Å². The molecule has 0 fully saturated rings. The SMILES string of the molecule is CCCS(=O)(=O)N(C)C[C@H](O)Cn1cnc2cc(C)c(C)cc21. The van der Waals surface area contributed by atoms with Gasteiger partial charge in [-0.1, -0.05) is 6.92 Å². The van der Waals surface area contributed by atoms with Crippen molar-refractivity contribution in [1.29, 1.82) is 0 Å². The molecule has 1 atom stereocenters. The third-order valence-corrected chi connectivity index (χ3v) is 6.07. The van der Waals surface area contributed by atoms with E-state index in [9.17, 15) is 13.5 Å². The second-order valence-electron chi connectivity index (χ2n) is 6.07. The number of sulfonamides is 1. The van der Waals surface area contributed by atoms with Crippen LogP contribution in [0, 0.1) is 13.8 Å². The van der Waals surface area contributed by atoms with Crippen LogP contribution in [0.1, 0.15) is 24.5 Å². The second kappa shape index (κ2) is 6.98. The number of aryl methyl sites for hydroxylation is 2. The second-order valence-corrected chi connectivity index (χ2v) is 8.27. The van der Waals surface area contributed by atoms with Crippen molar-refractivity contribution in [2.75, 3.05) is 19.3 Å². The van der Waals surface area contributed by atoms with Crippen LogP contribution >= 0.6 is 0 Å². The number of rotatable bonds is 7. The average Bonchev–Trinajstić information content (AvgIpc) is 2.81. The number of aliphatic hydroxyl groups excluding tert-OH is 1. The fraction of sp³-hybridized carbons (Fsp3) is 0.562. The number of imidazole rings is 1. The zero-order valence-corrected chi connectivity index (χ0v) is 15.0. The molecule has 0 unspecified atom stereocenters. The Labute approximate surface area is 137 Å². The van der Waals surface area contributed by atoms with Crippen LogP contribution in [0.25, 0.3) is 11.0 Å². The summed E-state index contributed by atoms with van der Waals surface area (Å²) in [6.45, 7) is 6.28. The summed E-state index contributed by atoms with van der Waals surface area (Å²) in [7, 11) is -1.78. The van der Waals surface area contributed by atoms with Gasteiger partial charge in [0.1, 0.15) is 0 Å². The fourth-order valence-electron chi connectivity index (χ4n) is 2.57. The summed E-state index contributed by atoms with van der Waals surface area (Å²) < 4.78 is 27.0. The maximum Gasteiger partial charge on any atom is 0.213 e. The largest absolute Gasteiger partial charge is 0.390 e. The Bertz CT molecular complexity index is 783. The lowest BCUT2D eigenvalue weighted by Gasteiger charge is -2.20. The van der Waals surface area contributed by atoms with Crippen molar-refractivity contribution in [3.8, 4) is 0 Å². The Morgan fingerprint density at radius 2 is 1.96 bits per heavy atom. The van der Waals surface area contributed by atoms with Crippen molar-refractivity contribution >= 4 is 21.1 Å². The third kappa shape index (κ3) is 4.10. The summed E-state index contributed by atoms with van der Waals surface area (Å²) in [6, 6.07) is 4.06. The molecule has 0 amide bonds. The van der Waals surface area contributed by atoms with E-state index >= 15 is 0 Å². The lowest BCUT2D eigenvalue weighted by molar-refractivity contribution is 0.135. The molecular formula is C16H25N3O3S. The molecule has 23 heavy (non-hydrogen) atoms. The first-order valence-corrected chi connectivity index (χ1v) is 9.39. The van der Waals surface area contributed by atoms with E-state index in [-0.39, 0.29) is 12.3 Å². The standard InChI is InChI=1S/C16H25N3O3S/c1-5-6-23(21,22)18(4)9-14(20)10-19-11-17-15-7-12(2)13(3)8-16(15)19/h7-8,11,14,20H,5-6,9-10H2,1-4H3/t14-/m0/s1. The number of likely N-dealkylation sites (N-methyl/N-ethyl adjacent to an activating group) is 1. The summed E-state index contributed by atoms with van der Waals surface area (Å²) >= 11 is 0. The summed E-state index contributed by atoms with van der Waals surface area (Å²) in [4.78, 5) is 4.35. The molecule has 7 heteroatoms. The minimum Gasteiger partial charge on any atom is -0.390 e. The molecule has 0 saturated carbocycles. The molecule has 0 saturated heterocycles. The van der Waals surface area contributed by atoms with E-state index in [2.05, 4.69) is 4.98 Å². The van der Waals surface area contributed by atoms with Gasteiger partial charge >= 0.3 is 0 Å². The van der Waals surface area contributed by atoms with Gasteiger partial charge in [-0.25, -0.2) is 17.7 Å². The van der Waals surface area contributed by atoms with Crippen molar-refractivity contribution in [2.24, 2.45) is 0 Å². The topological polar surface area (TPSA) is 75.4 Å². The van der Waals surface area contributed by atoms with E-state index < -0.39 is 16.1 Å². The summed E-state index contributed by atoms with van der Waals surface area (Å²) in [6.07, 6.45) is 1.46. The van der Waals surface area contributed by atoms with Gasteiger partial charge in [-0.3, -0.25) is 0 Å². The van der Waals surface area contributed by atoms with Crippen LogP contribution in [0.4, 0.5) is 0 Å². The van der Waals surface area contributed by atoms with Gasteiger partial charge in [-0.2, -0.15) is 0 Å². The lowest BCUT2D eigenvalue weighted by Crippen LogP contribution is -2.37. The minimum atomic E-state index is -3.29. The molecule has 6 nitrogen and oxygen atoms in total. The molecular weight excluding hydrogens is 314 g/mol. The van der Waals surface area contributed by atoms with E-state index in [1.165, 1.54) is 16.9 Å². The lowest BCUT2D eigenvalue weighted by atomic mass is 10.1. The van der Waals surface area contributed by atoms with E-state index in [1.54, 1.807) is 6.33 Å². The predicted octanol–water partition coefficient (Wildman–Crippen LogP) is 1.69. The van der Waals surface area contributed by atoms with Crippen molar-refractivity contribution in [2.45, 2.75) is 39.8 Å². The molecule has 1 heterocycles. The molecule has 1 aromatic heterocycles. The van der Waals surface area contributed by atoms with Crippen LogP contribution in [0.2, 0.25) is 0 Å². The molecule has 1 aromatic carbocycles. The summed E-state index contributed by atoms with van der Waals surface area (Å²) in [5, 5.41) is 10.3. The molecule has 128 valence electrons. The number of fused-ring (bicyclic) bond motifs is 1. The number of hydrogen-bond donors (Lipinski definition) is 1. The monoisotopic (exact) mass is 339 g/mol. The normalized spacial score (nSPS) is 13.8. The van der Waals surface area contributed by atoms with Crippen LogP contribution < -0.4 is 0 Å². The zero-order chi connectivity index (χ0) is 17.2. The molecule has 0 aliphatic carbocycles. The molecule has 0 spiro atoms. The van der Waals surface area contributed by atoms with E-state index in [0.29, 0.717) is 13.0 Å². The van der Waals surface area contributed by atoms with Gasteiger partial charge < -0.3 is 9.67 Å². The molecule has 1 N–H and O–H groups in total. The molecule has 0 radical (unpaired) electrons. The molecule has 0 aliphatic heterocycles. The highest BCUT2D eigenvalue weighted by Gasteiger charge is 2.20. The maximum atomic E-state index is 12.0. The first kappa shape index (κ1) is 17.9. The summed E-state index contributed by atoms with van der Waals surface area (Å²) in [5.41, 5.74) is 4.17. The highest BCUT2D eigenvalue weighted by Crippen LogP contribution is 2.18. The third-order valence-electron chi connectivity index (χ3n) is 4.05. The molecule has 2 aromatic rings. The van der Waals surface area contributed by atoms with Crippen LogP contribution in [0.5, 0.6) is 0 Å². The molecule has 0 aliphatic rings. The smallest absolute Gasteiger partial charge is 0.213 e. The number of aromatic nitrogens is 2. The highest BCUT2D eigenvalue weighted by molar-refractivity contribution is 7.89. The van der Waals surface area contributed by atoms with E-state index in [0.717, 1.165) is 16.6 Å². The number of aliphatic hydroxyl groups is 1. The van der Waals surface area contributed by atoms with Crippen molar-refractivity contribution in [3.63, 3.8) is 0 Å². The van der Waals surface area contributed by atoms with Gasteiger partial charge in [-0.05, 0) is 43.5 Å². The van der Waals surface area contributed by atoms with Crippen LogP contribution in [0.3, 0.4) is 0 Å².